The van der Waals surface area contributed by atoms with Gasteiger partial charge in [-0.1, -0.05) is 67.2 Å². The first-order chi connectivity index (χ1) is 41.7. The third kappa shape index (κ3) is 11.6. The molecule has 12 N–H and O–H groups in total. The van der Waals surface area contributed by atoms with E-state index < -0.39 is 114 Å². The van der Waals surface area contributed by atoms with Crippen LogP contribution in [0.25, 0.3) is 12.2 Å². The van der Waals surface area contributed by atoms with Crippen LogP contribution in [0, 0.1) is 23.7 Å². The number of guanidine groups is 1. The number of nitrogens with one attached hydrogen (secondary N) is 1. The number of aryl methyl sites for hydroxylation is 1. The molecule has 4 aromatic rings. The maximum absolute atomic E-state index is 16.2. The molecule has 0 aromatic heterocycles. The monoisotopic (exact) mass is 1190 g/mol. The van der Waals surface area contributed by atoms with Gasteiger partial charge in [0.25, 0.3) is 0 Å². The Kier molecular flexibility index (Phi) is 17.7. The van der Waals surface area contributed by atoms with E-state index in [4.69, 9.17) is 40.1 Å². The normalized spacial score (nSPS) is 29.1. The van der Waals surface area contributed by atoms with Crippen molar-refractivity contribution in [3.05, 3.63) is 120 Å². The number of aromatic hydroxyl groups is 1. The number of phenols is 1. The van der Waals surface area contributed by atoms with E-state index in [1.165, 1.54) is 19.1 Å². The van der Waals surface area contributed by atoms with Crippen molar-refractivity contribution in [2.45, 2.75) is 183 Å². The number of hydrogen-bond acceptors (Lipinski definition) is 20. The van der Waals surface area contributed by atoms with Crippen molar-refractivity contribution in [1.82, 2.24) is 5.32 Å². The number of ether oxygens (including phenoxy) is 5. The van der Waals surface area contributed by atoms with Gasteiger partial charge in [-0.25, -0.2) is 4.99 Å². The van der Waals surface area contributed by atoms with E-state index in [9.17, 15) is 45.3 Å². The smallest absolute Gasteiger partial charge is 0.308 e. The van der Waals surface area contributed by atoms with Crippen molar-refractivity contribution in [1.29, 1.82) is 0 Å². The molecule has 1 spiro atoms. The number of nitrogens with zero attached hydrogens (tertiary/aromatic N) is 1. The summed E-state index contributed by atoms with van der Waals surface area (Å²) in [5.41, 5.74) is 12.4. The molecule has 20 heteroatoms. The van der Waals surface area contributed by atoms with E-state index in [0.29, 0.717) is 55.3 Å². The number of phenolic OH excluding ortho intramolecular Hbond substituents is 1. The van der Waals surface area contributed by atoms with Crippen LogP contribution >= 0.6 is 0 Å². The lowest BCUT2D eigenvalue weighted by Crippen LogP contribution is -2.68. The van der Waals surface area contributed by atoms with Crippen LogP contribution < -0.4 is 26.3 Å². The molecule has 2 aliphatic heterocycles. The van der Waals surface area contributed by atoms with Crippen LogP contribution in [0.2, 0.25) is 0 Å². The number of aldehydes is 1. The summed E-state index contributed by atoms with van der Waals surface area (Å²) in [6.07, 6.45) is 3.55. The maximum atomic E-state index is 16.2. The molecule has 3 fully saturated rings. The fraction of sp³-hybridized carbons (Fsp3) is 0.507. The zero-order chi connectivity index (χ0) is 61.7. The summed E-state index contributed by atoms with van der Waals surface area (Å²) in [6.45, 7) is 1.93. The number of fused-ring (bicyclic) bond motifs is 5. The van der Waals surface area contributed by atoms with E-state index in [1.807, 2.05) is 18.2 Å². The standard InChI is InChI=1S/C67H78N4O16/c1-35-61(79)67(81,82)62(84-34-45-31-65(71-64(69)70-45)24-5-4-11-42(65)23-26-83-3)63(85-35)87-60-48-14-7-13-44(68)20-21-46(75)28-38-10-6-9-37(27-38)15-22-47-51(86-36(2)74)30-41(32-72)52-53(47)59(78)54(48)55(58(52)77)57(76)49(60)29-40-17-16-39-18-19-43-12-8-25-66(43,80)56(39)50(40)33-73/h6,9-10,15-17,22,27,30,33,35,42-46,61-63,72,75-76,79-82H,4-5,8,11-12,14,18-21,23-26,28-29,31-32,34,68H2,1-3H3,(H3,69,70,71). The van der Waals surface area contributed by atoms with E-state index in [0.717, 1.165) is 63.0 Å². The molecule has 0 amide bonds. The molecular weight excluding hydrogens is 1120 g/mol. The van der Waals surface area contributed by atoms with Crippen molar-refractivity contribution in [3.8, 4) is 29.1 Å². The minimum absolute atomic E-state index is 0.0376. The Morgan fingerprint density at radius 1 is 0.954 bits per heavy atom. The van der Waals surface area contributed by atoms with Gasteiger partial charge in [0.15, 0.2) is 29.9 Å². The number of nitrogens with two attached hydrogens (primary N) is 2. The first-order valence-electron chi connectivity index (χ1n) is 30.4. The Balaban J connectivity index is 1.12. The van der Waals surface area contributed by atoms with Gasteiger partial charge in [0.2, 0.25) is 12.1 Å². The molecule has 2 saturated carbocycles. The highest BCUT2D eigenvalue weighted by molar-refractivity contribution is 6.32. The lowest BCUT2D eigenvalue weighted by Gasteiger charge is -2.49. The third-order valence-corrected chi connectivity index (χ3v) is 19.3. The summed E-state index contributed by atoms with van der Waals surface area (Å²) in [5.74, 6) is -0.734. The molecular formula is C67H78N4O16. The number of aliphatic hydroxyl groups excluding tert-OH is 3. The second-order valence-electron chi connectivity index (χ2n) is 24.8. The number of carbonyl (C=O) groups excluding carboxylic acids is 4. The van der Waals surface area contributed by atoms with Crippen molar-refractivity contribution < 1.29 is 78.6 Å². The minimum atomic E-state index is -3.12. The number of aliphatic imine (C=N–C) groups is 1. The highest BCUT2D eigenvalue weighted by Gasteiger charge is 2.57. The van der Waals surface area contributed by atoms with Gasteiger partial charge < -0.3 is 76.2 Å². The quantitative estimate of drug-likeness (QED) is 0.0247. The third-order valence-electron chi connectivity index (χ3n) is 19.3. The second-order valence-corrected chi connectivity index (χ2v) is 24.8. The summed E-state index contributed by atoms with van der Waals surface area (Å²) >= 11 is 0. The number of aliphatic hydroxyl groups is 6. The van der Waals surface area contributed by atoms with Crippen LogP contribution in [0.3, 0.4) is 0 Å². The molecule has 7 aliphatic rings. The zero-order valence-electron chi connectivity index (χ0n) is 49.3. The van der Waals surface area contributed by atoms with Gasteiger partial charge in [0.05, 0.1) is 48.7 Å². The lowest BCUT2D eigenvalue weighted by atomic mass is 9.68. The molecule has 87 heavy (non-hydrogen) atoms. The van der Waals surface area contributed by atoms with Crippen molar-refractivity contribution in [3.63, 3.8) is 0 Å². The Morgan fingerprint density at radius 3 is 2.53 bits per heavy atom. The molecule has 20 nitrogen and oxygen atoms in total. The average Bonchev–Trinajstić information content (AvgIpc) is 0.870. The Bertz CT molecular complexity index is 3510. The highest BCUT2D eigenvalue weighted by atomic mass is 16.7. The minimum Gasteiger partial charge on any atom is -0.507 e. The molecule has 11 atom stereocenters. The van der Waals surface area contributed by atoms with Gasteiger partial charge in [-0.2, -0.15) is 0 Å². The van der Waals surface area contributed by atoms with Crippen LogP contribution in [-0.2, 0) is 56.9 Å². The first kappa shape index (κ1) is 61.8. The summed E-state index contributed by atoms with van der Waals surface area (Å²) in [5, 5.41) is 87.4. The largest absolute Gasteiger partial charge is 0.507 e. The zero-order valence-corrected chi connectivity index (χ0v) is 49.3. The molecule has 11 rings (SSSR count). The van der Waals surface area contributed by atoms with E-state index in [-0.39, 0.29) is 94.1 Å². The van der Waals surface area contributed by atoms with E-state index in [1.54, 1.807) is 31.4 Å². The Morgan fingerprint density at radius 2 is 1.76 bits per heavy atom. The molecule has 2 heterocycles. The molecule has 4 aromatic carbocycles. The number of carbonyl (C=O) groups is 4. The predicted molar refractivity (Wildman–Crippen MR) is 319 cm³/mol. The van der Waals surface area contributed by atoms with E-state index >= 15 is 9.59 Å². The number of rotatable bonds is 13. The van der Waals surface area contributed by atoms with Gasteiger partial charge in [-0.15, -0.1) is 0 Å². The SMILES string of the molecule is COCCC1CCCCC12CC(COC1C(Oc3c(Cc4ccc5c(c4C=O)C4(O)CCCC4CC5)c(O)c4c5c3CC#CC(N)CCC(O)Cc3cccc(c3)C=Cc3c(OC(C)=O)cc(CO)c(c3C5=O)C4=O)OC(C)C(O)C1(O)O)N=C(N)N2. The van der Waals surface area contributed by atoms with Crippen LogP contribution in [0.5, 0.6) is 17.2 Å². The van der Waals surface area contributed by atoms with Crippen molar-refractivity contribution in [2.24, 2.45) is 28.3 Å². The number of methoxy groups -OCH3 is 1. The fourth-order valence-corrected chi connectivity index (χ4v) is 15.1. The summed E-state index contributed by atoms with van der Waals surface area (Å²) in [7, 11) is 1.65. The molecule has 5 aliphatic carbocycles. The molecule has 11 unspecified atom stereocenters. The van der Waals surface area contributed by atoms with Crippen molar-refractivity contribution in [2.75, 3.05) is 20.3 Å². The Labute approximate surface area is 504 Å². The van der Waals surface area contributed by atoms with Crippen molar-refractivity contribution >= 4 is 41.9 Å². The molecule has 1 saturated heterocycles. The molecule has 462 valence electrons. The van der Waals surface area contributed by atoms with Crippen LogP contribution in [0.15, 0.2) is 47.5 Å². The van der Waals surface area contributed by atoms with Gasteiger partial charge >= 0.3 is 5.97 Å². The van der Waals surface area contributed by atoms with Crippen LogP contribution in [0.4, 0.5) is 0 Å². The summed E-state index contributed by atoms with van der Waals surface area (Å²) in [6, 6.07) is 10.6. The number of benzene rings is 4. The summed E-state index contributed by atoms with van der Waals surface area (Å²) < 4.78 is 31.1. The predicted octanol–water partition coefficient (Wildman–Crippen LogP) is 4.86. The molecule has 0 radical (unpaired) electrons. The Hall–Kier alpha value is -6.87. The fourth-order valence-electron chi connectivity index (χ4n) is 15.1. The van der Waals surface area contributed by atoms with Gasteiger partial charge in [0, 0.05) is 78.0 Å². The topological polar surface area (TPSA) is 332 Å². The number of ketones is 2. The number of esters is 1. The van der Waals surface area contributed by atoms with Crippen LogP contribution in [-0.4, -0.2) is 140 Å². The maximum Gasteiger partial charge on any atom is 0.308 e. The van der Waals surface area contributed by atoms with Crippen LogP contribution in [0.1, 0.15) is 183 Å². The van der Waals surface area contributed by atoms with Gasteiger partial charge in [-0.3, -0.25) is 19.2 Å². The molecule has 4 bridgehead atoms. The lowest BCUT2D eigenvalue weighted by molar-refractivity contribution is -0.379. The van der Waals surface area contributed by atoms with Gasteiger partial charge in [0.1, 0.15) is 23.4 Å². The number of hydrogen-bond donors (Lipinski definition) is 10. The van der Waals surface area contributed by atoms with Gasteiger partial charge in [-0.05, 0) is 141 Å². The average molecular weight is 1200 g/mol. The first-order valence-corrected chi connectivity index (χ1v) is 30.4. The van der Waals surface area contributed by atoms with E-state index in [2.05, 4.69) is 17.2 Å². The highest BCUT2D eigenvalue weighted by Crippen LogP contribution is 2.53. The second kappa shape index (κ2) is 25.0. The summed E-state index contributed by atoms with van der Waals surface area (Å²) in [4.78, 5) is 63.3.